The normalized spacial score (nSPS) is 24.9. The number of rotatable bonds is 3. The maximum Gasteiger partial charge on any atom is 0.124 e. The molecule has 0 radical (unpaired) electrons. The Morgan fingerprint density at radius 2 is 2.29 bits per heavy atom. The quantitative estimate of drug-likeness (QED) is 0.886. The van der Waals surface area contributed by atoms with Crippen LogP contribution in [0, 0.1) is 5.92 Å². The molecule has 1 aromatic carbocycles. The van der Waals surface area contributed by atoms with Crippen LogP contribution in [0.3, 0.4) is 0 Å². The lowest BCUT2D eigenvalue weighted by atomic mass is 9.89. The molecule has 0 saturated heterocycles. The Labute approximate surface area is 108 Å². The van der Waals surface area contributed by atoms with Gasteiger partial charge in [0.2, 0.25) is 0 Å². The van der Waals surface area contributed by atoms with E-state index in [0.29, 0.717) is 5.92 Å². The Bertz CT molecular complexity index is 394. The zero-order chi connectivity index (χ0) is 12.4. The average Bonchev–Trinajstić information content (AvgIpc) is 2.30. The van der Waals surface area contributed by atoms with Crippen LogP contribution in [0.25, 0.3) is 0 Å². The number of fused-ring (bicyclic) bond motifs is 1. The molecule has 3 unspecified atom stereocenters. The maximum absolute atomic E-state index is 6.20. The minimum absolute atomic E-state index is 0.0433. The Kier molecular flexibility index (Phi) is 3.95. The summed E-state index contributed by atoms with van der Waals surface area (Å²) in [7, 11) is 0. The topological polar surface area (TPSA) is 35.2 Å². The number of nitrogens with two attached hydrogens (primary N) is 1. The lowest BCUT2D eigenvalue weighted by molar-refractivity contribution is 0.102. The van der Waals surface area contributed by atoms with E-state index in [1.165, 1.54) is 12.8 Å². The zero-order valence-electron chi connectivity index (χ0n) is 10.4. The highest BCUT2D eigenvalue weighted by Gasteiger charge is 2.29. The minimum atomic E-state index is 0.0433. The van der Waals surface area contributed by atoms with E-state index in [9.17, 15) is 0 Å². The first-order valence-corrected chi connectivity index (χ1v) is 6.71. The second-order valence-corrected chi connectivity index (χ2v) is 5.38. The monoisotopic (exact) mass is 253 g/mol. The predicted octanol–water partition coefficient (Wildman–Crippen LogP) is 3.93. The van der Waals surface area contributed by atoms with Crippen molar-refractivity contribution in [2.75, 3.05) is 0 Å². The molecule has 0 bridgehead atoms. The van der Waals surface area contributed by atoms with Crippen LogP contribution < -0.4 is 10.5 Å². The highest BCUT2D eigenvalue weighted by Crippen LogP contribution is 2.37. The zero-order valence-corrected chi connectivity index (χ0v) is 11.2. The second kappa shape index (κ2) is 5.28. The summed E-state index contributed by atoms with van der Waals surface area (Å²) in [6.07, 6.45) is 3.48. The van der Waals surface area contributed by atoms with Gasteiger partial charge in [-0.25, -0.2) is 0 Å². The van der Waals surface area contributed by atoms with Crippen molar-refractivity contribution in [3.05, 3.63) is 28.8 Å². The van der Waals surface area contributed by atoms with Crippen LogP contribution in [0.15, 0.2) is 18.2 Å². The van der Waals surface area contributed by atoms with Gasteiger partial charge in [-0.05, 0) is 30.5 Å². The van der Waals surface area contributed by atoms with E-state index in [2.05, 4.69) is 13.8 Å². The molecule has 0 saturated carbocycles. The molecule has 0 spiro atoms. The molecular formula is C14H20ClNO. The molecule has 0 fully saturated rings. The molecule has 1 heterocycles. The molecule has 2 rings (SSSR count). The Balaban J connectivity index is 2.18. The van der Waals surface area contributed by atoms with E-state index in [1.54, 1.807) is 0 Å². The first kappa shape index (κ1) is 12.7. The van der Waals surface area contributed by atoms with Crippen molar-refractivity contribution in [2.24, 2.45) is 11.7 Å². The number of halogens is 1. The second-order valence-electron chi connectivity index (χ2n) is 4.95. The molecule has 3 atom stereocenters. The average molecular weight is 254 g/mol. The first-order chi connectivity index (χ1) is 8.11. The van der Waals surface area contributed by atoms with Crippen LogP contribution in [-0.2, 0) is 0 Å². The summed E-state index contributed by atoms with van der Waals surface area (Å²) in [5, 5.41) is 0.725. The van der Waals surface area contributed by atoms with E-state index in [-0.39, 0.29) is 12.1 Å². The van der Waals surface area contributed by atoms with Crippen molar-refractivity contribution in [3.8, 4) is 5.75 Å². The fourth-order valence-corrected chi connectivity index (χ4v) is 2.68. The standard InChI is InChI=1S/C14H20ClNO/c1-3-4-9(2)14-8-12(16)11-7-10(15)5-6-13(11)17-14/h5-7,9,12,14H,3-4,8,16H2,1-2H3. The molecule has 0 aliphatic carbocycles. The molecule has 2 nitrogen and oxygen atoms in total. The fourth-order valence-electron chi connectivity index (χ4n) is 2.49. The van der Waals surface area contributed by atoms with Crippen molar-refractivity contribution < 1.29 is 4.74 Å². The molecule has 1 aliphatic rings. The summed E-state index contributed by atoms with van der Waals surface area (Å²) in [6.45, 7) is 4.44. The van der Waals surface area contributed by atoms with E-state index in [0.717, 1.165) is 22.8 Å². The van der Waals surface area contributed by atoms with Crippen molar-refractivity contribution in [1.29, 1.82) is 0 Å². The molecule has 94 valence electrons. The lowest BCUT2D eigenvalue weighted by Crippen LogP contribution is -2.34. The number of benzene rings is 1. The van der Waals surface area contributed by atoms with Crippen LogP contribution in [0.2, 0.25) is 5.02 Å². The summed E-state index contributed by atoms with van der Waals surface area (Å²) in [5.74, 6) is 1.45. The van der Waals surface area contributed by atoms with Crippen LogP contribution in [-0.4, -0.2) is 6.10 Å². The minimum Gasteiger partial charge on any atom is -0.490 e. The summed E-state index contributed by atoms with van der Waals surface area (Å²) in [6, 6.07) is 5.76. The number of ether oxygens (including phenoxy) is 1. The molecular weight excluding hydrogens is 234 g/mol. The molecule has 0 amide bonds. The smallest absolute Gasteiger partial charge is 0.124 e. The first-order valence-electron chi connectivity index (χ1n) is 6.33. The van der Waals surface area contributed by atoms with Crippen molar-refractivity contribution in [1.82, 2.24) is 0 Å². The van der Waals surface area contributed by atoms with Gasteiger partial charge in [0.05, 0.1) is 0 Å². The van der Waals surface area contributed by atoms with Gasteiger partial charge in [0.15, 0.2) is 0 Å². The van der Waals surface area contributed by atoms with Crippen molar-refractivity contribution in [3.63, 3.8) is 0 Å². The number of hydrogen-bond donors (Lipinski definition) is 1. The molecule has 17 heavy (non-hydrogen) atoms. The van der Waals surface area contributed by atoms with Gasteiger partial charge in [-0.2, -0.15) is 0 Å². The van der Waals surface area contributed by atoms with Gasteiger partial charge < -0.3 is 10.5 Å². The maximum atomic E-state index is 6.20. The van der Waals surface area contributed by atoms with Crippen LogP contribution in [0.1, 0.15) is 44.7 Å². The SMILES string of the molecule is CCCC(C)C1CC(N)c2cc(Cl)ccc2O1. The molecule has 2 N–H and O–H groups in total. The Hall–Kier alpha value is -0.730. The third kappa shape index (κ3) is 2.75. The van der Waals surface area contributed by atoms with Gasteiger partial charge in [0, 0.05) is 23.0 Å². The van der Waals surface area contributed by atoms with Gasteiger partial charge in [0.25, 0.3) is 0 Å². The summed E-state index contributed by atoms with van der Waals surface area (Å²) in [4.78, 5) is 0. The van der Waals surface area contributed by atoms with Crippen LogP contribution >= 0.6 is 11.6 Å². The third-order valence-corrected chi connectivity index (χ3v) is 3.75. The van der Waals surface area contributed by atoms with Gasteiger partial charge in [-0.3, -0.25) is 0 Å². The van der Waals surface area contributed by atoms with E-state index in [4.69, 9.17) is 22.1 Å². The lowest BCUT2D eigenvalue weighted by Gasteiger charge is -2.33. The van der Waals surface area contributed by atoms with Crippen molar-refractivity contribution in [2.45, 2.75) is 45.3 Å². The van der Waals surface area contributed by atoms with E-state index < -0.39 is 0 Å². The van der Waals surface area contributed by atoms with E-state index >= 15 is 0 Å². The largest absolute Gasteiger partial charge is 0.490 e. The molecule has 0 aromatic heterocycles. The van der Waals surface area contributed by atoms with Gasteiger partial charge in [-0.1, -0.05) is 31.9 Å². The highest BCUT2D eigenvalue weighted by atomic mass is 35.5. The van der Waals surface area contributed by atoms with Gasteiger partial charge >= 0.3 is 0 Å². The summed E-state index contributed by atoms with van der Waals surface area (Å²) < 4.78 is 6.03. The highest BCUT2D eigenvalue weighted by molar-refractivity contribution is 6.30. The number of hydrogen-bond acceptors (Lipinski definition) is 2. The van der Waals surface area contributed by atoms with Crippen LogP contribution in [0.5, 0.6) is 5.75 Å². The van der Waals surface area contributed by atoms with Crippen molar-refractivity contribution >= 4 is 11.6 Å². The van der Waals surface area contributed by atoms with Gasteiger partial charge in [0.1, 0.15) is 11.9 Å². The Morgan fingerprint density at radius 3 is 3.00 bits per heavy atom. The Morgan fingerprint density at radius 1 is 1.53 bits per heavy atom. The molecule has 1 aromatic rings. The third-order valence-electron chi connectivity index (χ3n) is 3.51. The fraction of sp³-hybridized carbons (Fsp3) is 0.571. The van der Waals surface area contributed by atoms with Gasteiger partial charge in [-0.15, -0.1) is 0 Å². The molecule has 3 heteroatoms. The molecule has 1 aliphatic heterocycles. The predicted molar refractivity (Wildman–Crippen MR) is 71.5 cm³/mol. The van der Waals surface area contributed by atoms with E-state index in [1.807, 2.05) is 18.2 Å². The summed E-state index contributed by atoms with van der Waals surface area (Å²) >= 11 is 5.98. The van der Waals surface area contributed by atoms with Crippen LogP contribution in [0.4, 0.5) is 0 Å². The summed E-state index contributed by atoms with van der Waals surface area (Å²) in [5.41, 5.74) is 7.24.